The van der Waals surface area contributed by atoms with Gasteiger partial charge in [-0.15, -0.1) is 11.3 Å². The Bertz CT molecular complexity index is 952. The van der Waals surface area contributed by atoms with Crippen molar-refractivity contribution in [3.05, 3.63) is 52.5 Å². The fourth-order valence-corrected chi connectivity index (χ4v) is 4.42. The number of alkyl halides is 3. The van der Waals surface area contributed by atoms with Crippen LogP contribution in [-0.2, 0) is 6.18 Å². The normalized spacial score (nSPS) is 17.5. The highest BCUT2D eigenvalue weighted by atomic mass is 32.1. The van der Waals surface area contributed by atoms with E-state index >= 15 is 0 Å². The third-order valence-corrected chi connectivity index (χ3v) is 6.14. The lowest BCUT2D eigenvalue weighted by atomic mass is 10.1. The van der Waals surface area contributed by atoms with Gasteiger partial charge in [-0.05, 0) is 30.6 Å². The molecule has 154 valence electrons. The van der Waals surface area contributed by atoms with Gasteiger partial charge in [0.25, 0.3) is 0 Å². The lowest BCUT2D eigenvalue weighted by Crippen LogP contribution is -2.47. The molecule has 1 N–H and O–H groups in total. The van der Waals surface area contributed by atoms with Gasteiger partial charge in [0.1, 0.15) is 5.82 Å². The Labute approximate surface area is 171 Å². The number of hydrogen-bond acceptors (Lipinski definition) is 6. The Balaban J connectivity index is 1.62. The minimum atomic E-state index is -4.59. The first-order valence-electron chi connectivity index (χ1n) is 9.45. The molecule has 0 radical (unpaired) electrons. The van der Waals surface area contributed by atoms with Gasteiger partial charge in [-0.2, -0.15) is 13.2 Å². The smallest absolute Gasteiger partial charge is 0.367 e. The van der Waals surface area contributed by atoms with Crippen LogP contribution in [0.15, 0.2) is 41.8 Å². The predicted molar refractivity (Wildman–Crippen MR) is 109 cm³/mol. The molecule has 1 fully saturated rings. The van der Waals surface area contributed by atoms with E-state index in [1.807, 2.05) is 11.4 Å². The average molecular weight is 421 g/mol. The Morgan fingerprint density at radius 2 is 1.83 bits per heavy atom. The highest BCUT2D eigenvalue weighted by molar-refractivity contribution is 7.10. The summed E-state index contributed by atoms with van der Waals surface area (Å²) in [6, 6.07) is 10.9. The first-order chi connectivity index (χ1) is 13.9. The molecule has 29 heavy (non-hydrogen) atoms. The second-order valence-electron chi connectivity index (χ2n) is 7.16. The number of likely N-dealkylation sites (N-methyl/N-ethyl adjacent to an activating group) is 1. The lowest BCUT2D eigenvalue weighted by molar-refractivity contribution is -0.144. The van der Waals surface area contributed by atoms with Crippen molar-refractivity contribution in [3.63, 3.8) is 0 Å². The fourth-order valence-electron chi connectivity index (χ4n) is 3.56. The van der Waals surface area contributed by atoms with E-state index in [9.17, 15) is 13.2 Å². The molecule has 1 aromatic carbocycles. The Kier molecular flexibility index (Phi) is 5.71. The summed E-state index contributed by atoms with van der Waals surface area (Å²) in [6.45, 7) is 4.24. The summed E-state index contributed by atoms with van der Waals surface area (Å²) in [4.78, 5) is 13.4. The largest absolute Gasteiger partial charge is 0.451 e. The number of aromatic nitrogens is 2. The molecule has 0 bridgehead atoms. The second-order valence-corrected chi connectivity index (χ2v) is 8.14. The van der Waals surface area contributed by atoms with Gasteiger partial charge in [0, 0.05) is 43.0 Å². The van der Waals surface area contributed by atoms with Crippen LogP contribution >= 0.6 is 11.3 Å². The maximum absolute atomic E-state index is 13.3. The number of hydrogen-bond donors (Lipinski definition) is 1. The summed E-state index contributed by atoms with van der Waals surface area (Å²) >= 11 is 1.66. The van der Waals surface area contributed by atoms with Gasteiger partial charge in [-0.1, -0.05) is 18.2 Å². The average Bonchev–Trinajstić information content (AvgIpc) is 3.23. The van der Waals surface area contributed by atoms with Crippen LogP contribution in [0.1, 0.15) is 16.7 Å². The van der Waals surface area contributed by atoms with Crippen molar-refractivity contribution in [2.45, 2.75) is 12.2 Å². The zero-order chi connectivity index (χ0) is 20.4. The van der Waals surface area contributed by atoms with E-state index in [1.54, 1.807) is 35.6 Å². The molecule has 9 heteroatoms. The van der Waals surface area contributed by atoms with Crippen LogP contribution in [0.4, 0.5) is 19.0 Å². The number of rotatable bonds is 5. The van der Waals surface area contributed by atoms with Crippen molar-refractivity contribution in [1.82, 2.24) is 19.8 Å². The van der Waals surface area contributed by atoms with E-state index in [0.717, 1.165) is 26.2 Å². The minimum Gasteiger partial charge on any atom is -0.367 e. The van der Waals surface area contributed by atoms with Crippen molar-refractivity contribution in [2.75, 3.05) is 45.1 Å². The third-order valence-electron chi connectivity index (χ3n) is 5.17. The Hall–Kier alpha value is -2.23. The molecule has 1 atom stereocenters. The summed E-state index contributed by atoms with van der Waals surface area (Å²) < 4.78 is 39.8. The van der Waals surface area contributed by atoms with Gasteiger partial charge < -0.3 is 10.2 Å². The summed E-state index contributed by atoms with van der Waals surface area (Å²) in [6.07, 6.45) is -4.59. The summed E-state index contributed by atoms with van der Waals surface area (Å²) in [5, 5.41) is 5.81. The van der Waals surface area contributed by atoms with Crippen molar-refractivity contribution in [3.8, 4) is 0 Å². The van der Waals surface area contributed by atoms with E-state index in [0.29, 0.717) is 11.9 Å². The predicted octanol–water partition coefficient (Wildman–Crippen LogP) is 4.11. The molecule has 3 aromatic rings. The third kappa shape index (κ3) is 4.52. The van der Waals surface area contributed by atoms with Crippen LogP contribution in [0.3, 0.4) is 0 Å². The molecule has 4 rings (SSSR count). The minimum absolute atomic E-state index is 0.0757. The summed E-state index contributed by atoms with van der Waals surface area (Å²) in [5.41, 5.74) is 0.282. The van der Waals surface area contributed by atoms with E-state index in [4.69, 9.17) is 0 Å². The number of nitrogens with zero attached hydrogens (tertiary/aromatic N) is 4. The number of halogens is 3. The second kappa shape index (κ2) is 8.25. The monoisotopic (exact) mass is 421 g/mol. The van der Waals surface area contributed by atoms with E-state index in [-0.39, 0.29) is 17.4 Å². The number of nitrogens with one attached hydrogen (secondary N) is 1. The van der Waals surface area contributed by atoms with Crippen LogP contribution in [0.25, 0.3) is 10.9 Å². The topological polar surface area (TPSA) is 44.3 Å². The van der Waals surface area contributed by atoms with Crippen LogP contribution in [-0.4, -0.2) is 59.5 Å². The van der Waals surface area contributed by atoms with Crippen molar-refractivity contribution >= 4 is 28.1 Å². The zero-order valence-electron chi connectivity index (χ0n) is 16.0. The number of para-hydroxylation sites is 1. The number of piperazine rings is 1. The molecule has 0 saturated carbocycles. The molecule has 1 aliphatic heterocycles. The highest BCUT2D eigenvalue weighted by Crippen LogP contribution is 2.31. The maximum atomic E-state index is 13.3. The molecule has 0 unspecified atom stereocenters. The maximum Gasteiger partial charge on any atom is 0.451 e. The highest BCUT2D eigenvalue weighted by Gasteiger charge is 2.35. The molecule has 1 aliphatic rings. The lowest BCUT2D eigenvalue weighted by Gasteiger charge is -2.37. The Morgan fingerprint density at radius 3 is 2.52 bits per heavy atom. The molecule has 5 nitrogen and oxygen atoms in total. The van der Waals surface area contributed by atoms with Gasteiger partial charge in [0.2, 0.25) is 5.82 Å². The summed E-state index contributed by atoms with van der Waals surface area (Å²) in [7, 11) is 2.10. The van der Waals surface area contributed by atoms with Gasteiger partial charge >= 0.3 is 6.18 Å². The molecular weight excluding hydrogens is 399 g/mol. The molecule has 1 saturated heterocycles. The van der Waals surface area contributed by atoms with Crippen LogP contribution in [0, 0.1) is 0 Å². The first kappa shape index (κ1) is 20.1. The summed E-state index contributed by atoms with van der Waals surface area (Å²) in [5.74, 6) is -0.899. The van der Waals surface area contributed by atoms with Gasteiger partial charge in [-0.3, -0.25) is 4.90 Å². The fraction of sp³-hybridized carbons (Fsp3) is 0.400. The van der Waals surface area contributed by atoms with Crippen molar-refractivity contribution in [2.24, 2.45) is 0 Å². The quantitative estimate of drug-likeness (QED) is 0.672. The van der Waals surface area contributed by atoms with E-state index < -0.39 is 12.0 Å². The molecular formula is C20H22F3N5S. The standard InChI is InChI=1S/C20H22F3N5S/c1-27-8-10-28(11-9-27)16(17-7-4-12-29-17)13-24-18-14-5-2-3-6-15(14)25-19(26-18)20(21,22)23/h2-7,12,16H,8-11,13H2,1H3,(H,24,25,26)/t16-/m1/s1. The van der Waals surface area contributed by atoms with Crippen LogP contribution in [0.2, 0.25) is 0 Å². The first-order valence-corrected chi connectivity index (χ1v) is 10.3. The Morgan fingerprint density at radius 1 is 1.07 bits per heavy atom. The zero-order valence-corrected chi connectivity index (χ0v) is 16.8. The van der Waals surface area contributed by atoms with E-state index in [2.05, 4.69) is 38.2 Å². The molecule has 2 aromatic heterocycles. The number of benzene rings is 1. The van der Waals surface area contributed by atoms with Crippen molar-refractivity contribution in [1.29, 1.82) is 0 Å². The van der Waals surface area contributed by atoms with Gasteiger partial charge in [0.15, 0.2) is 0 Å². The molecule has 0 spiro atoms. The molecule has 0 amide bonds. The number of thiophene rings is 1. The number of fused-ring (bicyclic) bond motifs is 1. The SMILES string of the molecule is CN1CCN([C@H](CNc2nc(C(F)(F)F)nc3ccccc23)c2cccs2)CC1. The molecule has 0 aliphatic carbocycles. The van der Waals surface area contributed by atoms with Gasteiger partial charge in [-0.25, -0.2) is 9.97 Å². The number of anilines is 1. The van der Waals surface area contributed by atoms with E-state index in [1.165, 1.54) is 4.88 Å². The van der Waals surface area contributed by atoms with Crippen LogP contribution in [0.5, 0.6) is 0 Å². The van der Waals surface area contributed by atoms with Crippen molar-refractivity contribution < 1.29 is 13.2 Å². The van der Waals surface area contributed by atoms with Gasteiger partial charge in [0.05, 0.1) is 11.6 Å². The molecule has 3 heterocycles. The van der Waals surface area contributed by atoms with Crippen LogP contribution < -0.4 is 5.32 Å².